The lowest BCUT2D eigenvalue weighted by Gasteiger charge is -2.02. The van der Waals surface area contributed by atoms with Crippen molar-refractivity contribution >= 4 is 60.5 Å². The Morgan fingerprint density at radius 2 is 2.30 bits per heavy atom. The highest BCUT2D eigenvalue weighted by molar-refractivity contribution is 9.11. The Bertz CT molecular complexity index is 736. The Hall–Kier alpha value is -1.10. The quantitative estimate of drug-likeness (QED) is 0.797. The maximum Gasteiger partial charge on any atom is 0.271 e. The number of amides is 1. The molecule has 1 amide bonds. The first-order valence-electron chi connectivity index (χ1n) is 5.06. The van der Waals surface area contributed by atoms with Crippen LogP contribution in [0.15, 0.2) is 26.5 Å². The van der Waals surface area contributed by atoms with Crippen molar-refractivity contribution in [1.29, 1.82) is 0 Å². The van der Waals surface area contributed by atoms with E-state index in [0.29, 0.717) is 8.81 Å². The predicted octanol–water partition coefficient (Wildman–Crippen LogP) is 1.65. The molecule has 2 heterocycles. The lowest BCUT2D eigenvalue weighted by atomic mass is 10.6. The highest BCUT2D eigenvalue weighted by Crippen LogP contribution is 2.35. The van der Waals surface area contributed by atoms with Crippen molar-refractivity contribution in [3.05, 3.63) is 27.3 Å². The number of hydrogen-bond acceptors (Lipinski definition) is 5. The smallest absolute Gasteiger partial charge is 0.271 e. The minimum absolute atomic E-state index is 0.0667. The summed E-state index contributed by atoms with van der Waals surface area (Å²) < 4.78 is 28.3. The summed E-state index contributed by atoms with van der Waals surface area (Å²) in [6, 6.07) is 1.34. The largest absolute Gasteiger partial charge is 0.368 e. The molecular formula is C9H8BrClN4O3S2. The first kappa shape index (κ1) is 15.3. The summed E-state index contributed by atoms with van der Waals surface area (Å²) in [5.41, 5.74) is 5.24. The van der Waals surface area contributed by atoms with E-state index in [1.54, 1.807) is 0 Å². The van der Waals surface area contributed by atoms with Gasteiger partial charge in [0.05, 0.1) is 20.7 Å². The van der Waals surface area contributed by atoms with Crippen molar-refractivity contribution in [2.24, 2.45) is 5.73 Å². The van der Waals surface area contributed by atoms with E-state index in [1.165, 1.54) is 23.1 Å². The highest BCUT2D eigenvalue weighted by atomic mass is 79.9. The summed E-state index contributed by atoms with van der Waals surface area (Å²) in [4.78, 5) is 10.7. The number of carbonyl (C=O) groups excluding carboxylic acids is 1. The Kier molecular flexibility index (Phi) is 4.37. The summed E-state index contributed by atoms with van der Waals surface area (Å²) in [5.74, 6) is -0.573. The molecule has 0 unspecified atom stereocenters. The summed E-state index contributed by atoms with van der Waals surface area (Å²) in [6.07, 6.45) is 2.65. The van der Waals surface area contributed by atoms with Crippen molar-refractivity contribution < 1.29 is 13.2 Å². The number of carbonyl (C=O) groups is 1. The van der Waals surface area contributed by atoms with E-state index < -0.39 is 15.9 Å². The minimum Gasteiger partial charge on any atom is -0.368 e. The van der Waals surface area contributed by atoms with Gasteiger partial charge in [0.15, 0.2) is 0 Å². The van der Waals surface area contributed by atoms with Gasteiger partial charge < -0.3 is 5.73 Å². The van der Waals surface area contributed by atoms with Crippen LogP contribution in [-0.4, -0.2) is 24.1 Å². The Morgan fingerprint density at radius 3 is 2.85 bits per heavy atom. The Morgan fingerprint density at radius 1 is 1.60 bits per heavy atom. The van der Waals surface area contributed by atoms with Crippen LogP contribution in [0.2, 0.25) is 5.02 Å². The van der Waals surface area contributed by atoms with Crippen LogP contribution in [-0.2, 0) is 21.4 Å². The summed E-state index contributed by atoms with van der Waals surface area (Å²) >= 11 is 9.95. The lowest BCUT2D eigenvalue weighted by Crippen LogP contribution is -2.18. The number of halogens is 2. The van der Waals surface area contributed by atoms with Crippen LogP contribution in [0, 0.1) is 0 Å². The number of primary amides is 1. The van der Waals surface area contributed by atoms with E-state index in [2.05, 4.69) is 25.8 Å². The van der Waals surface area contributed by atoms with Gasteiger partial charge in [-0.15, -0.1) is 11.3 Å². The molecule has 0 radical (unpaired) electrons. The molecule has 0 saturated carbocycles. The number of aromatic nitrogens is 2. The predicted molar refractivity (Wildman–Crippen MR) is 79.3 cm³/mol. The number of anilines is 1. The third-order valence-electron chi connectivity index (χ3n) is 2.09. The topological polar surface area (TPSA) is 107 Å². The van der Waals surface area contributed by atoms with Gasteiger partial charge in [-0.3, -0.25) is 14.2 Å². The maximum absolute atomic E-state index is 12.1. The van der Waals surface area contributed by atoms with Crippen LogP contribution in [0.1, 0.15) is 0 Å². The van der Waals surface area contributed by atoms with Crippen molar-refractivity contribution in [2.75, 3.05) is 4.72 Å². The molecule has 2 aromatic heterocycles. The summed E-state index contributed by atoms with van der Waals surface area (Å²) in [7, 11) is -3.75. The fourth-order valence-corrected chi connectivity index (χ4v) is 4.75. The zero-order valence-electron chi connectivity index (χ0n) is 9.71. The number of nitrogens with two attached hydrogens (primary N) is 1. The first-order valence-corrected chi connectivity index (χ1v) is 8.53. The SMILES string of the molecule is NC(=O)Cn1cc(NS(=O)(=O)c2cc(Cl)c(Br)s2)cn1. The Balaban J connectivity index is 2.20. The van der Waals surface area contributed by atoms with E-state index in [1.807, 2.05) is 0 Å². The Labute approximate surface area is 131 Å². The van der Waals surface area contributed by atoms with Crippen molar-refractivity contribution in [3.63, 3.8) is 0 Å². The van der Waals surface area contributed by atoms with Crippen LogP contribution in [0.5, 0.6) is 0 Å². The van der Waals surface area contributed by atoms with Gasteiger partial charge in [0.25, 0.3) is 10.0 Å². The van der Waals surface area contributed by atoms with Gasteiger partial charge in [0.1, 0.15) is 10.8 Å². The zero-order valence-corrected chi connectivity index (χ0v) is 13.7. The number of rotatable bonds is 5. The van der Waals surface area contributed by atoms with Crippen molar-refractivity contribution in [1.82, 2.24) is 9.78 Å². The van der Waals surface area contributed by atoms with Crippen LogP contribution < -0.4 is 10.5 Å². The van der Waals surface area contributed by atoms with Crippen molar-refractivity contribution in [2.45, 2.75) is 10.8 Å². The van der Waals surface area contributed by atoms with Gasteiger partial charge in [-0.25, -0.2) is 8.42 Å². The monoisotopic (exact) mass is 398 g/mol. The van der Waals surface area contributed by atoms with Gasteiger partial charge in [-0.1, -0.05) is 11.6 Å². The van der Waals surface area contributed by atoms with Crippen molar-refractivity contribution in [3.8, 4) is 0 Å². The van der Waals surface area contributed by atoms with Crippen LogP contribution in [0.25, 0.3) is 0 Å². The standard InChI is InChI=1S/C9H8BrClN4O3S2/c10-9-6(11)1-8(19-9)20(17,18)14-5-2-13-15(3-5)4-7(12)16/h1-3,14H,4H2,(H2,12,16). The second-order valence-electron chi connectivity index (χ2n) is 3.69. The minimum atomic E-state index is -3.75. The molecule has 0 spiro atoms. The molecule has 0 bridgehead atoms. The fraction of sp³-hybridized carbons (Fsp3) is 0.111. The average molecular weight is 400 g/mol. The number of thiophene rings is 1. The van der Waals surface area contributed by atoms with Crippen LogP contribution in [0.4, 0.5) is 5.69 Å². The van der Waals surface area contributed by atoms with Crippen LogP contribution in [0.3, 0.4) is 0 Å². The van der Waals surface area contributed by atoms with E-state index in [4.69, 9.17) is 17.3 Å². The fourth-order valence-electron chi connectivity index (χ4n) is 1.33. The molecular weight excluding hydrogens is 392 g/mol. The molecule has 0 atom stereocenters. The normalized spacial score (nSPS) is 11.5. The molecule has 0 saturated heterocycles. The van der Waals surface area contributed by atoms with E-state index in [-0.39, 0.29) is 16.4 Å². The third kappa shape index (κ3) is 3.51. The molecule has 0 aromatic carbocycles. The van der Waals surface area contributed by atoms with E-state index in [9.17, 15) is 13.2 Å². The van der Waals surface area contributed by atoms with Gasteiger partial charge in [-0.05, 0) is 22.0 Å². The molecule has 0 aliphatic rings. The average Bonchev–Trinajstić information content (AvgIpc) is 2.86. The first-order chi connectivity index (χ1) is 9.28. The summed E-state index contributed by atoms with van der Waals surface area (Å²) in [6.45, 7) is -0.127. The molecule has 108 valence electrons. The summed E-state index contributed by atoms with van der Waals surface area (Å²) in [5, 5.41) is 4.13. The van der Waals surface area contributed by atoms with Crippen LogP contribution >= 0.6 is 38.9 Å². The number of hydrogen-bond donors (Lipinski definition) is 2. The molecule has 2 rings (SSSR count). The van der Waals surface area contributed by atoms with Gasteiger partial charge in [-0.2, -0.15) is 5.10 Å². The van der Waals surface area contributed by atoms with Gasteiger partial charge in [0.2, 0.25) is 5.91 Å². The number of nitrogens with zero attached hydrogens (tertiary/aromatic N) is 2. The maximum atomic E-state index is 12.1. The molecule has 20 heavy (non-hydrogen) atoms. The molecule has 11 heteroatoms. The molecule has 2 aromatic rings. The molecule has 7 nitrogen and oxygen atoms in total. The zero-order chi connectivity index (χ0) is 14.9. The molecule has 3 N–H and O–H groups in total. The highest BCUT2D eigenvalue weighted by Gasteiger charge is 2.19. The lowest BCUT2D eigenvalue weighted by molar-refractivity contribution is -0.118. The van der Waals surface area contributed by atoms with E-state index in [0.717, 1.165) is 11.3 Å². The molecule has 0 fully saturated rings. The third-order valence-corrected chi connectivity index (χ3v) is 6.42. The van der Waals surface area contributed by atoms with E-state index >= 15 is 0 Å². The molecule has 0 aliphatic heterocycles. The number of nitrogens with one attached hydrogen (secondary N) is 1. The number of sulfonamides is 1. The second-order valence-corrected chi connectivity index (χ2v) is 8.37. The molecule has 0 aliphatic carbocycles. The second kappa shape index (κ2) is 5.72. The van der Waals surface area contributed by atoms with Gasteiger partial charge >= 0.3 is 0 Å². The van der Waals surface area contributed by atoms with Gasteiger partial charge in [0, 0.05) is 6.20 Å².